The van der Waals surface area contributed by atoms with Crippen molar-refractivity contribution >= 4 is 37.9 Å². The first-order chi connectivity index (χ1) is 13.5. The molecule has 2 aromatic carbocycles. The molecule has 0 spiro atoms. The molecule has 1 aliphatic heterocycles. The van der Waals surface area contributed by atoms with E-state index in [9.17, 15) is 18.0 Å². The smallest absolute Gasteiger partial charge is 0.508 e. The number of ether oxygens (including phenoxy) is 2. The molecule has 0 saturated carbocycles. The lowest BCUT2D eigenvalue weighted by molar-refractivity contribution is -0.0517. The maximum atomic E-state index is 11.4. The first-order valence-corrected chi connectivity index (χ1v) is 11.5. The van der Waals surface area contributed by atoms with Gasteiger partial charge in [0.2, 0.25) is 0 Å². The van der Waals surface area contributed by atoms with E-state index in [0.29, 0.717) is 6.61 Å². The minimum absolute atomic E-state index is 0.00801. The second-order valence-electron chi connectivity index (χ2n) is 5.95. The minimum Gasteiger partial charge on any atom is -0.741 e. The van der Waals surface area contributed by atoms with Gasteiger partial charge < -0.3 is 14.0 Å². The van der Waals surface area contributed by atoms with E-state index in [2.05, 4.69) is 42.5 Å². The highest BCUT2D eigenvalue weighted by Crippen LogP contribution is 2.30. The summed E-state index contributed by atoms with van der Waals surface area (Å²) in [6.07, 6.45) is 0.378. The van der Waals surface area contributed by atoms with Crippen LogP contribution in [0.25, 0.3) is 10.8 Å². The molecule has 2 aromatic rings. The fourth-order valence-electron chi connectivity index (χ4n) is 2.69. The highest BCUT2D eigenvalue weighted by atomic mass is 32.2. The monoisotopic (exact) mass is 452 g/mol. The van der Waals surface area contributed by atoms with E-state index < -0.39 is 21.8 Å². The second-order valence-corrected chi connectivity index (χ2v) is 9.49. The topological polar surface area (TPSA) is 92.7 Å². The Hall–Kier alpha value is -1.98. The molecule has 160 valence electrons. The predicted molar refractivity (Wildman–Crippen MR) is 102 cm³/mol. The van der Waals surface area contributed by atoms with Crippen molar-refractivity contribution in [1.29, 1.82) is 0 Å². The number of halogens is 3. The third-order valence-corrected chi connectivity index (χ3v) is 6.99. The van der Waals surface area contributed by atoms with Crippen LogP contribution in [0.2, 0.25) is 0 Å². The molecule has 0 amide bonds. The summed E-state index contributed by atoms with van der Waals surface area (Å²) in [6, 6.07) is 14.9. The van der Waals surface area contributed by atoms with E-state index in [4.69, 9.17) is 22.4 Å². The van der Waals surface area contributed by atoms with Gasteiger partial charge in [-0.15, -0.1) is 0 Å². The average Bonchev–Trinajstić information content (AvgIpc) is 3.08. The second kappa shape index (κ2) is 9.68. The van der Waals surface area contributed by atoms with E-state index in [1.807, 2.05) is 0 Å². The first kappa shape index (κ1) is 23.3. The number of hydrogen-bond acceptors (Lipinski definition) is 6. The van der Waals surface area contributed by atoms with Gasteiger partial charge in [0.25, 0.3) is 0 Å². The zero-order valence-electron chi connectivity index (χ0n) is 15.3. The van der Waals surface area contributed by atoms with Crippen LogP contribution < -0.4 is 0 Å². The summed E-state index contributed by atoms with van der Waals surface area (Å²) >= 11 is 0. The Kier molecular flexibility index (Phi) is 7.78. The molecule has 2 unspecified atom stereocenters. The van der Waals surface area contributed by atoms with Crippen LogP contribution in [-0.2, 0) is 30.5 Å². The molecule has 1 aliphatic rings. The number of fused-ring (bicyclic) bond motifs is 1. The molecule has 1 saturated heterocycles. The largest absolute Gasteiger partial charge is 0.741 e. The van der Waals surface area contributed by atoms with Crippen molar-refractivity contribution < 1.29 is 40.4 Å². The highest BCUT2D eigenvalue weighted by Gasteiger charge is 2.38. The average molecular weight is 452 g/mol. The van der Waals surface area contributed by atoms with E-state index in [0.717, 1.165) is 17.9 Å². The molecule has 1 heterocycles. The Labute approximate surface area is 169 Å². The van der Waals surface area contributed by atoms with E-state index in [1.165, 1.54) is 15.7 Å². The number of carbonyl (C=O) groups is 1. The van der Waals surface area contributed by atoms with Crippen LogP contribution in [0.15, 0.2) is 47.4 Å². The molecule has 11 heteroatoms. The van der Waals surface area contributed by atoms with Gasteiger partial charge in [-0.05, 0) is 24.4 Å². The molecule has 0 aliphatic carbocycles. The molecule has 0 bridgehead atoms. The van der Waals surface area contributed by atoms with E-state index in [1.54, 1.807) is 6.92 Å². The lowest BCUT2D eigenvalue weighted by Gasteiger charge is -2.08. The summed E-state index contributed by atoms with van der Waals surface area (Å²) < 4.78 is 69.1. The van der Waals surface area contributed by atoms with Crippen molar-refractivity contribution in [3.8, 4) is 0 Å². The minimum atomic E-state index is -6.09. The number of hydrogen-bond donors (Lipinski definition) is 0. The summed E-state index contributed by atoms with van der Waals surface area (Å²) in [5.74, 6) is 1.99. The predicted octanol–water partition coefficient (Wildman–Crippen LogP) is 3.81. The fraction of sp³-hybridized carbons (Fsp3) is 0.389. The van der Waals surface area contributed by atoms with Crippen LogP contribution in [0.5, 0.6) is 0 Å². The summed E-state index contributed by atoms with van der Waals surface area (Å²) in [6.45, 7) is 2.15. The Bertz CT molecular complexity index is 941. The van der Waals surface area contributed by atoms with E-state index >= 15 is 0 Å². The van der Waals surface area contributed by atoms with Crippen LogP contribution in [0.1, 0.15) is 13.3 Å². The van der Waals surface area contributed by atoms with Crippen molar-refractivity contribution in [3.63, 3.8) is 0 Å². The van der Waals surface area contributed by atoms with Crippen LogP contribution >= 0.6 is 0 Å². The number of alkyl halides is 3. The third kappa shape index (κ3) is 6.51. The van der Waals surface area contributed by atoms with Crippen molar-refractivity contribution in [2.75, 3.05) is 18.1 Å². The van der Waals surface area contributed by atoms with Gasteiger partial charge in [0.05, 0.1) is 6.61 Å². The molecular formula is C18H19F3O6S2. The van der Waals surface area contributed by atoms with Crippen LogP contribution in [0, 0.1) is 0 Å². The molecule has 0 N–H and O–H groups in total. The van der Waals surface area contributed by atoms with Crippen molar-refractivity contribution in [1.82, 2.24) is 0 Å². The van der Waals surface area contributed by atoms with Gasteiger partial charge in [-0.2, -0.15) is 13.2 Å². The molecule has 6 nitrogen and oxygen atoms in total. The standard InChI is InChI=1S/C17H19O3S.CHF3O3S/c1-2-19-17(18)20-14-10-11-21(12-14)16-9-5-7-13-6-3-4-8-15(13)16;2-1(3,4)8(5,6)7/h3-9,14H,2,10-12H2,1H3;(H,5,6,7)/q+1;/p-1. The maximum Gasteiger partial charge on any atom is 0.508 e. The lowest BCUT2D eigenvalue weighted by atomic mass is 10.1. The molecule has 29 heavy (non-hydrogen) atoms. The van der Waals surface area contributed by atoms with Gasteiger partial charge in [-0.25, -0.2) is 13.2 Å². The lowest BCUT2D eigenvalue weighted by Crippen LogP contribution is -2.21. The zero-order valence-corrected chi connectivity index (χ0v) is 17.0. The Morgan fingerprint density at radius 3 is 2.45 bits per heavy atom. The van der Waals surface area contributed by atoms with Gasteiger partial charge in [0, 0.05) is 22.7 Å². The molecule has 3 rings (SSSR count). The third-order valence-electron chi connectivity index (χ3n) is 3.94. The number of carbonyl (C=O) groups excluding carboxylic acids is 1. The zero-order chi connectivity index (χ0) is 21.7. The van der Waals surface area contributed by atoms with Gasteiger partial charge in [0.1, 0.15) is 5.75 Å². The van der Waals surface area contributed by atoms with Gasteiger partial charge in [-0.3, -0.25) is 0 Å². The van der Waals surface area contributed by atoms with Crippen LogP contribution in [0.4, 0.5) is 18.0 Å². The molecule has 0 aromatic heterocycles. The summed E-state index contributed by atoms with van der Waals surface area (Å²) in [4.78, 5) is 12.8. The van der Waals surface area contributed by atoms with E-state index in [-0.39, 0.29) is 17.0 Å². The van der Waals surface area contributed by atoms with Gasteiger partial charge in [0.15, 0.2) is 26.9 Å². The van der Waals surface area contributed by atoms with Crippen LogP contribution in [0.3, 0.4) is 0 Å². The fourth-order valence-corrected chi connectivity index (χ4v) is 5.26. The van der Waals surface area contributed by atoms with Crippen LogP contribution in [-0.4, -0.2) is 48.9 Å². The Morgan fingerprint density at radius 1 is 1.21 bits per heavy atom. The first-order valence-electron chi connectivity index (χ1n) is 8.53. The molecule has 1 fully saturated rings. The molecule has 0 radical (unpaired) electrons. The maximum absolute atomic E-state index is 11.4. The number of benzene rings is 2. The van der Waals surface area contributed by atoms with Crippen molar-refractivity contribution in [2.45, 2.75) is 29.9 Å². The highest BCUT2D eigenvalue weighted by molar-refractivity contribution is 7.97. The summed E-state index contributed by atoms with van der Waals surface area (Å²) in [5, 5.41) is 2.59. The summed E-state index contributed by atoms with van der Waals surface area (Å²) in [7, 11) is -5.94. The number of rotatable bonds is 3. The summed E-state index contributed by atoms with van der Waals surface area (Å²) in [5.41, 5.74) is -5.65. The van der Waals surface area contributed by atoms with Gasteiger partial charge >= 0.3 is 11.7 Å². The normalized spacial score (nSPS) is 19.3. The van der Waals surface area contributed by atoms with Crippen molar-refractivity contribution in [2.24, 2.45) is 0 Å². The van der Waals surface area contributed by atoms with Crippen molar-refractivity contribution in [3.05, 3.63) is 42.5 Å². The Morgan fingerprint density at radius 2 is 1.83 bits per heavy atom. The molecule has 2 atom stereocenters. The SMILES string of the molecule is CCOC(=O)OC1CC[S+](c2cccc3ccccc23)C1.O=S(=O)([O-])C(F)(F)F. The quantitative estimate of drug-likeness (QED) is 0.304. The Balaban J connectivity index is 0.000000321. The molecular weight excluding hydrogens is 433 g/mol. The van der Waals surface area contributed by atoms with Gasteiger partial charge in [-0.1, -0.05) is 30.3 Å².